The molecular weight excluding hydrogens is 564 g/mol. The number of hydrogen-bond donors (Lipinski definition) is 2. The molecule has 0 spiro atoms. The van der Waals surface area contributed by atoms with Gasteiger partial charge in [-0.15, -0.1) is 0 Å². The highest BCUT2D eigenvalue weighted by Gasteiger charge is 2.28. The second-order valence-electron chi connectivity index (χ2n) is 9.54. The number of rotatable bonds is 14. The van der Waals surface area contributed by atoms with Crippen LogP contribution in [0.4, 0.5) is 5.69 Å². The summed E-state index contributed by atoms with van der Waals surface area (Å²) in [5.74, 6) is -0.301. The Labute approximate surface area is 252 Å². The maximum atomic E-state index is 13.5. The van der Waals surface area contributed by atoms with Crippen LogP contribution in [0.1, 0.15) is 23.6 Å². The lowest BCUT2D eigenvalue weighted by Crippen LogP contribution is -2.40. The van der Waals surface area contributed by atoms with Crippen molar-refractivity contribution in [2.45, 2.75) is 24.7 Å². The van der Waals surface area contributed by atoms with E-state index in [0.717, 1.165) is 21.9 Å². The van der Waals surface area contributed by atoms with Gasteiger partial charge in [0, 0.05) is 6.54 Å². The summed E-state index contributed by atoms with van der Waals surface area (Å²) in [5.41, 5.74) is 5.47. The normalized spacial score (nSPS) is 11.2. The monoisotopic (exact) mass is 598 g/mol. The van der Waals surface area contributed by atoms with Crippen LogP contribution in [0.2, 0.25) is 0 Å². The molecule has 0 heterocycles. The number of aryl methyl sites for hydroxylation is 1. The van der Waals surface area contributed by atoms with E-state index in [1.807, 2.05) is 49.4 Å². The topological polar surface area (TPSA) is 117 Å². The molecule has 0 radical (unpaired) electrons. The molecule has 0 unspecified atom stereocenters. The fraction of sp³-hybridized carbons (Fsp3) is 0.182. The number of nitrogens with one attached hydrogen (secondary N) is 2. The third-order valence-corrected chi connectivity index (χ3v) is 8.27. The molecule has 0 aromatic heterocycles. The Hall–Kier alpha value is -4.96. The Morgan fingerprint density at radius 1 is 0.837 bits per heavy atom. The van der Waals surface area contributed by atoms with Gasteiger partial charge in [0.25, 0.3) is 21.8 Å². The molecular formula is C33H34N4O5S. The Morgan fingerprint density at radius 3 is 2.19 bits per heavy atom. The van der Waals surface area contributed by atoms with Crippen molar-refractivity contribution in [2.75, 3.05) is 24.0 Å². The Bertz CT molecular complexity index is 1630. The van der Waals surface area contributed by atoms with Crippen molar-refractivity contribution in [3.8, 4) is 5.75 Å². The summed E-state index contributed by atoms with van der Waals surface area (Å²) < 4.78 is 33.7. The van der Waals surface area contributed by atoms with Crippen molar-refractivity contribution >= 4 is 33.7 Å². The highest BCUT2D eigenvalue weighted by molar-refractivity contribution is 7.92. The minimum Gasteiger partial charge on any atom is -0.484 e. The first-order valence-corrected chi connectivity index (χ1v) is 15.3. The molecule has 0 fully saturated rings. The molecule has 0 aliphatic rings. The maximum absolute atomic E-state index is 13.5. The molecule has 4 aromatic carbocycles. The number of carbonyl (C=O) groups is 2. The Morgan fingerprint density at radius 2 is 1.49 bits per heavy atom. The van der Waals surface area contributed by atoms with E-state index in [4.69, 9.17) is 4.74 Å². The largest absolute Gasteiger partial charge is 0.484 e. The lowest BCUT2D eigenvalue weighted by Gasteiger charge is -2.25. The molecule has 0 aliphatic carbocycles. The maximum Gasteiger partial charge on any atom is 0.264 e. The summed E-state index contributed by atoms with van der Waals surface area (Å²) >= 11 is 0. The molecule has 2 N–H and O–H groups in total. The second kappa shape index (κ2) is 15.3. The number of benzene rings is 4. The van der Waals surface area contributed by atoms with Crippen molar-refractivity contribution < 1.29 is 22.7 Å². The number of anilines is 1. The number of nitrogens with zero attached hydrogens (tertiary/aromatic N) is 2. The summed E-state index contributed by atoms with van der Waals surface area (Å²) in [7, 11) is -4.02. The molecule has 43 heavy (non-hydrogen) atoms. The lowest BCUT2D eigenvalue weighted by atomic mass is 10.1. The van der Waals surface area contributed by atoms with Gasteiger partial charge in [-0.1, -0.05) is 73.7 Å². The second-order valence-corrected chi connectivity index (χ2v) is 11.4. The van der Waals surface area contributed by atoms with E-state index in [1.54, 1.807) is 54.6 Å². The molecule has 2 amide bonds. The van der Waals surface area contributed by atoms with Crippen LogP contribution in [-0.2, 0) is 32.5 Å². The first-order chi connectivity index (χ1) is 20.9. The molecule has 4 rings (SSSR count). The molecule has 0 aliphatic heterocycles. The summed E-state index contributed by atoms with van der Waals surface area (Å²) in [4.78, 5) is 25.0. The van der Waals surface area contributed by atoms with Gasteiger partial charge in [0.15, 0.2) is 6.61 Å². The molecule has 222 valence electrons. The van der Waals surface area contributed by atoms with Crippen LogP contribution >= 0.6 is 0 Å². The van der Waals surface area contributed by atoms with Gasteiger partial charge in [-0.05, 0) is 72.0 Å². The van der Waals surface area contributed by atoms with E-state index in [1.165, 1.54) is 18.3 Å². The summed E-state index contributed by atoms with van der Waals surface area (Å²) in [6, 6.07) is 31.8. The van der Waals surface area contributed by atoms with Crippen LogP contribution in [0.15, 0.2) is 119 Å². The zero-order chi connectivity index (χ0) is 30.5. The minimum absolute atomic E-state index is 0.0872. The van der Waals surface area contributed by atoms with E-state index in [-0.39, 0.29) is 17.4 Å². The van der Waals surface area contributed by atoms with Crippen molar-refractivity contribution in [3.05, 3.63) is 126 Å². The van der Waals surface area contributed by atoms with E-state index in [0.29, 0.717) is 30.0 Å². The van der Waals surface area contributed by atoms with E-state index in [9.17, 15) is 18.0 Å². The molecule has 4 aromatic rings. The van der Waals surface area contributed by atoms with Crippen LogP contribution in [0.5, 0.6) is 5.75 Å². The van der Waals surface area contributed by atoms with Gasteiger partial charge in [-0.2, -0.15) is 5.10 Å². The smallest absolute Gasteiger partial charge is 0.264 e. The van der Waals surface area contributed by atoms with Gasteiger partial charge in [0.2, 0.25) is 0 Å². The van der Waals surface area contributed by atoms with Crippen molar-refractivity contribution in [3.63, 3.8) is 0 Å². The number of ether oxygens (including phenoxy) is 1. The Balaban J connectivity index is 1.31. The quantitative estimate of drug-likeness (QED) is 0.166. The van der Waals surface area contributed by atoms with Gasteiger partial charge in [-0.3, -0.25) is 13.9 Å². The number of carbonyl (C=O) groups excluding carboxylic acids is 2. The standard InChI is InChI=1S/C33H34N4O5S/c1-2-28-13-9-10-16-31(28)37(43(40,41)30-14-7-4-8-15-30)24-32(38)36-35-23-27-17-19-29(20-18-27)42-25-33(39)34-22-21-26-11-5-3-6-12-26/h3-20,23H,2,21-22,24-25H2,1H3,(H,34,39)(H,36,38)/b35-23-. The number of hydrogen-bond acceptors (Lipinski definition) is 6. The van der Waals surface area contributed by atoms with Gasteiger partial charge >= 0.3 is 0 Å². The number of para-hydroxylation sites is 1. The molecule has 0 bridgehead atoms. The fourth-order valence-electron chi connectivity index (χ4n) is 4.26. The molecule has 0 saturated heterocycles. The van der Waals surface area contributed by atoms with Crippen molar-refractivity contribution in [2.24, 2.45) is 5.10 Å². The number of sulfonamides is 1. The molecule has 9 nitrogen and oxygen atoms in total. The summed E-state index contributed by atoms with van der Waals surface area (Å²) in [5, 5.41) is 6.83. The van der Waals surface area contributed by atoms with E-state index >= 15 is 0 Å². The van der Waals surface area contributed by atoms with Crippen molar-refractivity contribution in [1.29, 1.82) is 0 Å². The SMILES string of the molecule is CCc1ccccc1N(CC(=O)N/N=C\c1ccc(OCC(=O)NCCc2ccccc2)cc1)S(=O)(=O)c1ccccc1. The van der Waals surface area contributed by atoms with Gasteiger partial charge in [0.05, 0.1) is 16.8 Å². The molecule has 0 saturated carbocycles. The zero-order valence-corrected chi connectivity index (χ0v) is 24.7. The van der Waals surface area contributed by atoms with Crippen LogP contribution < -0.4 is 19.8 Å². The van der Waals surface area contributed by atoms with Gasteiger partial charge in [0.1, 0.15) is 12.3 Å². The van der Waals surface area contributed by atoms with E-state index in [2.05, 4.69) is 15.8 Å². The number of amides is 2. The van der Waals surface area contributed by atoms with Crippen LogP contribution in [0.25, 0.3) is 0 Å². The highest BCUT2D eigenvalue weighted by Crippen LogP contribution is 2.27. The van der Waals surface area contributed by atoms with Crippen LogP contribution in [0, 0.1) is 0 Å². The van der Waals surface area contributed by atoms with E-state index < -0.39 is 22.5 Å². The Kier molecular flexibility index (Phi) is 11.0. The third-order valence-electron chi connectivity index (χ3n) is 6.49. The lowest BCUT2D eigenvalue weighted by molar-refractivity contribution is -0.123. The summed E-state index contributed by atoms with van der Waals surface area (Å²) in [6.45, 7) is 1.89. The average Bonchev–Trinajstić information content (AvgIpc) is 3.04. The van der Waals surface area contributed by atoms with Gasteiger partial charge in [-0.25, -0.2) is 13.8 Å². The fourth-order valence-corrected chi connectivity index (χ4v) is 5.74. The average molecular weight is 599 g/mol. The predicted molar refractivity (Wildman–Crippen MR) is 168 cm³/mol. The predicted octanol–water partition coefficient (Wildman–Crippen LogP) is 4.33. The first kappa shape index (κ1) is 31.0. The summed E-state index contributed by atoms with van der Waals surface area (Å²) in [6.07, 6.45) is 2.77. The third kappa shape index (κ3) is 9.01. The molecule has 10 heteroatoms. The number of hydrazone groups is 1. The minimum atomic E-state index is -4.02. The van der Waals surface area contributed by atoms with Crippen LogP contribution in [0.3, 0.4) is 0 Å². The van der Waals surface area contributed by atoms with Crippen molar-refractivity contribution in [1.82, 2.24) is 10.7 Å². The van der Waals surface area contributed by atoms with Crippen LogP contribution in [-0.4, -0.2) is 46.1 Å². The first-order valence-electron chi connectivity index (χ1n) is 13.9. The zero-order valence-electron chi connectivity index (χ0n) is 23.8. The molecule has 0 atom stereocenters. The highest BCUT2D eigenvalue weighted by atomic mass is 32.2. The van der Waals surface area contributed by atoms with Gasteiger partial charge < -0.3 is 10.1 Å².